The van der Waals surface area contributed by atoms with Gasteiger partial charge in [-0.05, 0) is 26.0 Å². The van der Waals surface area contributed by atoms with Crippen LogP contribution in [0.2, 0.25) is 0 Å². The van der Waals surface area contributed by atoms with Gasteiger partial charge in [-0.1, -0.05) is 15.9 Å². The average molecular weight is 246 g/mol. The fourth-order valence-electron chi connectivity index (χ4n) is 0.890. The second kappa shape index (κ2) is 4.46. The van der Waals surface area contributed by atoms with Gasteiger partial charge in [0.2, 0.25) is 0 Å². The molecular weight excluding hydrogens is 234 g/mol. The van der Waals surface area contributed by atoms with E-state index in [1.165, 1.54) is 0 Å². The zero-order valence-electron chi connectivity index (χ0n) is 7.63. The summed E-state index contributed by atoms with van der Waals surface area (Å²) in [7, 11) is 0. The Morgan fingerprint density at radius 2 is 2.38 bits per heavy atom. The predicted octanol–water partition coefficient (Wildman–Crippen LogP) is 2.10. The molecule has 1 rings (SSSR count). The lowest BCUT2D eigenvalue weighted by molar-refractivity contribution is 0.0914. The van der Waals surface area contributed by atoms with Crippen LogP contribution in [0.15, 0.2) is 16.5 Å². The Morgan fingerprint density at radius 3 is 2.85 bits per heavy atom. The summed E-state index contributed by atoms with van der Waals surface area (Å²) in [6, 6.07) is 3.55. The van der Waals surface area contributed by atoms with Crippen molar-refractivity contribution in [3.05, 3.63) is 23.7 Å². The van der Waals surface area contributed by atoms with Crippen molar-refractivity contribution in [3.8, 4) is 0 Å². The van der Waals surface area contributed by atoms with Gasteiger partial charge in [0, 0.05) is 11.4 Å². The number of hydrogen-bond donors (Lipinski definition) is 1. The molecule has 4 heteroatoms. The van der Waals surface area contributed by atoms with Crippen LogP contribution < -0.4 is 5.32 Å². The second-order valence-electron chi connectivity index (χ2n) is 2.94. The Kier molecular flexibility index (Phi) is 3.54. The predicted molar refractivity (Wildman–Crippen MR) is 54.2 cm³/mol. The number of halogens is 1. The van der Waals surface area contributed by atoms with Gasteiger partial charge < -0.3 is 9.73 Å². The lowest BCUT2D eigenvalue weighted by Gasteiger charge is -2.08. The van der Waals surface area contributed by atoms with E-state index in [0.717, 1.165) is 11.1 Å². The summed E-state index contributed by atoms with van der Waals surface area (Å²) in [6.07, 6.45) is 0. The van der Waals surface area contributed by atoms with Crippen molar-refractivity contribution < 1.29 is 9.21 Å². The lowest BCUT2D eigenvalue weighted by atomic mass is 10.3. The standard InChI is InChI=1S/C9H12BrNO2/c1-6(5-10)11-9(12)8-4-3-7(2)13-8/h3-4,6H,5H2,1-2H3,(H,11,12). The summed E-state index contributed by atoms with van der Waals surface area (Å²) >= 11 is 3.28. The molecule has 1 aromatic rings. The van der Waals surface area contributed by atoms with Crippen molar-refractivity contribution in [2.45, 2.75) is 19.9 Å². The first-order chi connectivity index (χ1) is 6.13. The van der Waals surface area contributed by atoms with E-state index in [9.17, 15) is 4.79 Å². The quantitative estimate of drug-likeness (QED) is 0.830. The molecule has 1 heterocycles. The molecule has 0 aliphatic carbocycles. The number of alkyl halides is 1. The molecule has 1 aromatic heterocycles. The van der Waals surface area contributed by atoms with Gasteiger partial charge in [-0.25, -0.2) is 0 Å². The Morgan fingerprint density at radius 1 is 1.69 bits per heavy atom. The highest BCUT2D eigenvalue weighted by Crippen LogP contribution is 2.06. The molecule has 3 nitrogen and oxygen atoms in total. The zero-order chi connectivity index (χ0) is 9.84. The van der Waals surface area contributed by atoms with E-state index in [0.29, 0.717) is 5.76 Å². The van der Waals surface area contributed by atoms with Crippen LogP contribution in [0.25, 0.3) is 0 Å². The molecule has 1 amide bonds. The van der Waals surface area contributed by atoms with Gasteiger partial charge in [0.1, 0.15) is 5.76 Å². The van der Waals surface area contributed by atoms with Crippen LogP contribution in [0.3, 0.4) is 0 Å². The van der Waals surface area contributed by atoms with Gasteiger partial charge in [0.15, 0.2) is 5.76 Å². The molecule has 1 unspecified atom stereocenters. The minimum atomic E-state index is -0.167. The van der Waals surface area contributed by atoms with Gasteiger partial charge in [-0.2, -0.15) is 0 Å². The van der Waals surface area contributed by atoms with Crippen molar-refractivity contribution in [2.75, 3.05) is 5.33 Å². The molecule has 0 saturated heterocycles. The van der Waals surface area contributed by atoms with Gasteiger partial charge in [0.25, 0.3) is 5.91 Å². The van der Waals surface area contributed by atoms with Crippen LogP contribution >= 0.6 is 15.9 Å². The summed E-state index contributed by atoms with van der Waals surface area (Å²) in [5.41, 5.74) is 0. The highest BCUT2D eigenvalue weighted by atomic mass is 79.9. The van der Waals surface area contributed by atoms with Gasteiger partial charge in [-0.15, -0.1) is 0 Å². The van der Waals surface area contributed by atoms with Crippen LogP contribution in [0, 0.1) is 6.92 Å². The summed E-state index contributed by atoms with van der Waals surface area (Å²) in [5.74, 6) is 0.946. The first-order valence-corrected chi connectivity index (χ1v) is 5.19. The Labute approximate surface area is 85.6 Å². The fourth-order valence-corrected chi connectivity index (χ4v) is 1.05. The Hall–Kier alpha value is -0.770. The van der Waals surface area contributed by atoms with Crippen molar-refractivity contribution in [1.82, 2.24) is 5.32 Å². The molecular formula is C9H12BrNO2. The molecule has 1 N–H and O–H groups in total. The maximum Gasteiger partial charge on any atom is 0.287 e. The molecule has 0 aliphatic heterocycles. The van der Waals surface area contributed by atoms with E-state index < -0.39 is 0 Å². The molecule has 0 spiro atoms. The molecule has 1 atom stereocenters. The number of carbonyl (C=O) groups is 1. The fraction of sp³-hybridized carbons (Fsp3) is 0.444. The van der Waals surface area contributed by atoms with E-state index in [-0.39, 0.29) is 11.9 Å². The van der Waals surface area contributed by atoms with Crippen LogP contribution in [-0.4, -0.2) is 17.3 Å². The molecule has 0 aliphatic rings. The van der Waals surface area contributed by atoms with E-state index in [2.05, 4.69) is 21.2 Å². The third-order valence-electron chi connectivity index (χ3n) is 1.57. The number of nitrogens with one attached hydrogen (secondary N) is 1. The molecule has 0 fully saturated rings. The molecule has 13 heavy (non-hydrogen) atoms. The van der Waals surface area contributed by atoms with Crippen molar-refractivity contribution in [3.63, 3.8) is 0 Å². The summed E-state index contributed by atoms with van der Waals surface area (Å²) in [6.45, 7) is 3.73. The Bertz CT molecular complexity index is 296. The molecule has 72 valence electrons. The smallest absolute Gasteiger partial charge is 0.287 e. The summed E-state index contributed by atoms with van der Waals surface area (Å²) in [4.78, 5) is 11.4. The third-order valence-corrected chi connectivity index (χ3v) is 2.54. The molecule has 0 saturated carbocycles. The van der Waals surface area contributed by atoms with Crippen LogP contribution in [0.4, 0.5) is 0 Å². The topological polar surface area (TPSA) is 42.2 Å². The van der Waals surface area contributed by atoms with Gasteiger partial charge >= 0.3 is 0 Å². The van der Waals surface area contributed by atoms with Crippen molar-refractivity contribution in [2.24, 2.45) is 0 Å². The van der Waals surface area contributed by atoms with E-state index in [1.54, 1.807) is 12.1 Å². The largest absolute Gasteiger partial charge is 0.456 e. The normalized spacial score (nSPS) is 12.5. The first-order valence-electron chi connectivity index (χ1n) is 4.06. The molecule has 0 bridgehead atoms. The number of carbonyl (C=O) groups excluding carboxylic acids is 1. The van der Waals surface area contributed by atoms with Gasteiger partial charge in [0.05, 0.1) is 0 Å². The van der Waals surface area contributed by atoms with E-state index in [4.69, 9.17) is 4.42 Å². The summed E-state index contributed by atoms with van der Waals surface area (Å²) < 4.78 is 5.16. The van der Waals surface area contributed by atoms with Crippen molar-refractivity contribution >= 4 is 21.8 Å². The number of rotatable bonds is 3. The average Bonchev–Trinajstić information content (AvgIpc) is 2.51. The lowest BCUT2D eigenvalue weighted by Crippen LogP contribution is -2.33. The van der Waals surface area contributed by atoms with Gasteiger partial charge in [-0.3, -0.25) is 4.79 Å². The highest BCUT2D eigenvalue weighted by molar-refractivity contribution is 9.09. The third kappa shape index (κ3) is 2.88. The number of amides is 1. The van der Waals surface area contributed by atoms with Crippen molar-refractivity contribution in [1.29, 1.82) is 0 Å². The number of furan rings is 1. The number of hydrogen-bond acceptors (Lipinski definition) is 2. The Balaban J connectivity index is 2.58. The number of aryl methyl sites for hydroxylation is 1. The maximum absolute atomic E-state index is 11.4. The SMILES string of the molecule is Cc1ccc(C(=O)NC(C)CBr)o1. The second-order valence-corrected chi connectivity index (χ2v) is 3.59. The zero-order valence-corrected chi connectivity index (χ0v) is 9.22. The monoisotopic (exact) mass is 245 g/mol. The molecule has 0 aromatic carbocycles. The molecule has 0 radical (unpaired) electrons. The van der Waals surface area contributed by atoms with E-state index >= 15 is 0 Å². The van der Waals surface area contributed by atoms with Crippen LogP contribution in [-0.2, 0) is 0 Å². The maximum atomic E-state index is 11.4. The van der Waals surface area contributed by atoms with E-state index in [1.807, 2.05) is 13.8 Å². The highest BCUT2D eigenvalue weighted by Gasteiger charge is 2.11. The first kappa shape index (κ1) is 10.3. The van der Waals surface area contributed by atoms with Crippen LogP contribution in [0.1, 0.15) is 23.2 Å². The minimum absolute atomic E-state index is 0.109. The summed E-state index contributed by atoms with van der Waals surface area (Å²) in [5, 5.41) is 3.51. The van der Waals surface area contributed by atoms with Crippen LogP contribution in [0.5, 0.6) is 0 Å². The minimum Gasteiger partial charge on any atom is -0.456 e.